The molecule has 4 rings (SSSR count). The van der Waals surface area contributed by atoms with Gasteiger partial charge in [0.25, 0.3) is 0 Å². The van der Waals surface area contributed by atoms with Crippen LogP contribution in [-0.2, 0) is 19.8 Å². The van der Waals surface area contributed by atoms with E-state index < -0.39 is 17.7 Å². The Labute approximate surface area is 151 Å². The summed E-state index contributed by atoms with van der Waals surface area (Å²) in [6.07, 6.45) is -2.58. The van der Waals surface area contributed by atoms with Gasteiger partial charge in [-0.1, -0.05) is 12.1 Å². The highest BCUT2D eigenvalue weighted by Crippen LogP contribution is 2.31. The van der Waals surface area contributed by atoms with E-state index in [0.717, 1.165) is 28.4 Å². The molecule has 5 nitrogen and oxygen atoms in total. The van der Waals surface area contributed by atoms with Crippen molar-refractivity contribution in [1.82, 2.24) is 14.3 Å². The summed E-state index contributed by atoms with van der Waals surface area (Å²) in [5, 5.41) is 15.2. The van der Waals surface area contributed by atoms with Crippen molar-refractivity contribution < 1.29 is 23.1 Å². The number of rotatable bonds is 3. The predicted molar refractivity (Wildman–Crippen MR) is 93.7 cm³/mol. The molecule has 0 saturated heterocycles. The lowest BCUT2D eigenvalue weighted by atomic mass is 10.1. The standard InChI is InChI=1S/C19H14F3N3O2/c1-24-10-15-14-8-12(18(26)27)4-7-16(14)25(17(15)23-24)9-11-2-5-13(6-3-11)19(20,21)22/h2-8,10H,9H2,1H3,(H,26,27). The Kier molecular flexibility index (Phi) is 3.73. The molecule has 0 aliphatic rings. The summed E-state index contributed by atoms with van der Waals surface area (Å²) in [5.41, 5.74) is 1.58. The number of nitrogens with zero attached hydrogens (tertiary/aromatic N) is 3. The van der Waals surface area contributed by atoms with Gasteiger partial charge in [-0.3, -0.25) is 4.68 Å². The van der Waals surface area contributed by atoms with Gasteiger partial charge in [0.2, 0.25) is 0 Å². The van der Waals surface area contributed by atoms with E-state index in [-0.39, 0.29) is 5.56 Å². The minimum Gasteiger partial charge on any atom is -0.478 e. The number of aromatic carboxylic acids is 1. The van der Waals surface area contributed by atoms with Crippen LogP contribution >= 0.6 is 0 Å². The summed E-state index contributed by atoms with van der Waals surface area (Å²) in [4.78, 5) is 11.3. The van der Waals surface area contributed by atoms with Gasteiger partial charge in [0.15, 0.2) is 5.65 Å². The van der Waals surface area contributed by atoms with Crippen molar-refractivity contribution in [2.24, 2.45) is 7.05 Å². The van der Waals surface area contributed by atoms with Crippen molar-refractivity contribution in [3.63, 3.8) is 0 Å². The van der Waals surface area contributed by atoms with Crippen LogP contribution in [0.25, 0.3) is 21.9 Å². The maximum absolute atomic E-state index is 12.8. The summed E-state index contributed by atoms with van der Waals surface area (Å²) in [7, 11) is 1.76. The van der Waals surface area contributed by atoms with Gasteiger partial charge < -0.3 is 9.67 Å². The Morgan fingerprint density at radius 2 is 1.81 bits per heavy atom. The van der Waals surface area contributed by atoms with Crippen LogP contribution in [0.15, 0.2) is 48.7 Å². The number of alkyl halides is 3. The molecule has 1 N–H and O–H groups in total. The molecule has 0 spiro atoms. The first-order valence-electron chi connectivity index (χ1n) is 8.09. The second-order valence-corrected chi connectivity index (χ2v) is 6.36. The molecule has 0 atom stereocenters. The van der Waals surface area contributed by atoms with E-state index in [4.69, 9.17) is 0 Å². The molecular weight excluding hydrogens is 359 g/mol. The smallest absolute Gasteiger partial charge is 0.416 e. The second-order valence-electron chi connectivity index (χ2n) is 6.36. The lowest BCUT2D eigenvalue weighted by Gasteiger charge is -2.10. The molecule has 4 aromatic rings. The lowest BCUT2D eigenvalue weighted by molar-refractivity contribution is -0.137. The van der Waals surface area contributed by atoms with Gasteiger partial charge >= 0.3 is 12.1 Å². The summed E-state index contributed by atoms with van der Waals surface area (Å²) in [6.45, 7) is 0.321. The number of benzene rings is 2. The fourth-order valence-corrected chi connectivity index (χ4v) is 3.24. The third-order valence-electron chi connectivity index (χ3n) is 4.51. The minimum absolute atomic E-state index is 0.167. The van der Waals surface area contributed by atoms with E-state index in [1.165, 1.54) is 18.2 Å². The van der Waals surface area contributed by atoms with Crippen molar-refractivity contribution in [2.45, 2.75) is 12.7 Å². The monoisotopic (exact) mass is 373 g/mol. The summed E-state index contributed by atoms with van der Waals surface area (Å²) in [6, 6.07) is 9.78. The molecule has 8 heteroatoms. The van der Waals surface area contributed by atoms with Crippen LogP contribution in [-0.4, -0.2) is 25.4 Å². The van der Waals surface area contributed by atoms with E-state index in [2.05, 4.69) is 5.10 Å². The molecule has 0 aliphatic carbocycles. The third kappa shape index (κ3) is 2.92. The van der Waals surface area contributed by atoms with Crippen LogP contribution in [0.4, 0.5) is 13.2 Å². The topological polar surface area (TPSA) is 60.1 Å². The van der Waals surface area contributed by atoms with Crippen molar-refractivity contribution >= 4 is 27.9 Å². The van der Waals surface area contributed by atoms with E-state index in [0.29, 0.717) is 17.8 Å². The highest BCUT2D eigenvalue weighted by molar-refractivity contribution is 6.08. The minimum atomic E-state index is -4.37. The first-order chi connectivity index (χ1) is 12.7. The number of carboxylic acid groups (broad SMARTS) is 1. The first kappa shape index (κ1) is 17.1. The zero-order chi connectivity index (χ0) is 19.3. The molecule has 0 radical (unpaired) electrons. The molecule has 2 heterocycles. The molecule has 0 unspecified atom stereocenters. The molecule has 0 saturated carbocycles. The molecule has 27 heavy (non-hydrogen) atoms. The largest absolute Gasteiger partial charge is 0.478 e. The number of carboxylic acids is 1. The van der Waals surface area contributed by atoms with Crippen LogP contribution < -0.4 is 0 Å². The van der Waals surface area contributed by atoms with E-state index in [1.807, 2.05) is 4.57 Å². The summed E-state index contributed by atoms with van der Waals surface area (Å²) >= 11 is 0. The summed E-state index contributed by atoms with van der Waals surface area (Å²) < 4.78 is 41.8. The summed E-state index contributed by atoms with van der Waals surface area (Å²) in [5.74, 6) is -1.02. The van der Waals surface area contributed by atoms with Gasteiger partial charge in [-0.25, -0.2) is 4.79 Å². The Hall–Kier alpha value is -3.29. The van der Waals surface area contributed by atoms with E-state index >= 15 is 0 Å². The van der Waals surface area contributed by atoms with Crippen molar-refractivity contribution in [1.29, 1.82) is 0 Å². The van der Waals surface area contributed by atoms with Crippen LogP contribution in [0.3, 0.4) is 0 Å². The number of carbonyl (C=O) groups is 1. The van der Waals surface area contributed by atoms with Gasteiger partial charge in [0.05, 0.1) is 16.6 Å². The molecule has 2 aromatic heterocycles. The third-order valence-corrected chi connectivity index (χ3v) is 4.51. The molecule has 0 bridgehead atoms. The van der Waals surface area contributed by atoms with Gasteiger partial charge in [0.1, 0.15) is 0 Å². The van der Waals surface area contributed by atoms with Crippen molar-refractivity contribution in [2.75, 3.05) is 0 Å². The lowest BCUT2D eigenvalue weighted by Crippen LogP contribution is -2.06. The fourth-order valence-electron chi connectivity index (χ4n) is 3.24. The van der Waals surface area contributed by atoms with Gasteiger partial charge in [-0.15, -0.1) is 0 Å². The van der Waals surface area contributed by atoms with E-state index in [1.54, 1.807) is 30.1 Å². The zero-order valence-corrected chi connectivity index (χ0v) is 14.2. The first-order valence-corrected chi connectivity index (χ1v) is 8.09. The second kappa shape index (κ2) is 5.87. The Bertz CT molecular complexity index is 1170. The number of aromatic nitrogens is 3. The highest BCUT2D eigenvalue weighted by atomic mass is 19.4. The van der Waals surface area contributed by atoms with Crippen LogP contribution in [0, 0.1) is 0 Å². The maximum Gasteiger partial charge on any atom is 0.416 e. The Morgan fingerprint density at radius 1 is 1.11 bits per heavy atom. The molecule has 0 aliphatic heterocycles. The van der Waals surface area contributed by atoms with Gasteiger partial charge in [-0.05, 0) is 35.9 Å². The zero-order valence-electron chi connectivity index (χ0n) is 14.2. The molecular formula is C19H14F3N3O2. The number of hydrogen-bond donors (Lipinski definition) is 1. The molecule has 138 valence electrons. The normalized spacial score (nSPS) is 12.1. The fraction of sp³-hybridized carbons (Fsp3) is 0.158. The molecule has 0 fully saturated rings. The quantitative estimate of drug-likeness (QED) is 0.583. The molecule has 2 aromatic carbocycles. The van der Waals surface area contributed by atoms with Gasteiger partial charge in [-0.2, -0.15) is 18.3 Å². The number of aryl methyl sites for hydroxylation is 1. The van der Waals surface area contributed by atoms with Crippen LogP contribution in [0.2, 0.25) is 0 Å². The van der Waals surface area contributed by atoms with Crippen LogP contribution in [0.5, 0.6) is 0 Å². The molecule has 0 amide bonds. The average Bonchev–Trinajstić information content (AvgIpc) is 3.11. The highest BCUT2D eigenvalue weighted by Gasteiger charge is 2.30. The van der Waals surface area contributed by atoms with Crippen molar-refractivity contribution in [3.05, 3.63) is 65.4 Å². The predicted octanol–water partition coefficient (Wildman–Crippen LogP) is 4.29. The number of fused-ring (bicyclic) bond motifs is 3. The van der Waals surface area contributed by atoms with E-state index in [9.17, 15) is 23.1 Å². The Balaban J connectivity index is 1.83. The average molecular weight is 373 g/mol. The van der Waals surface area contributed by atoms with Gasteiger partial charge in [0, 0.05) is 30.6 Å². The SMILES string of the molecule is Cn1cc2c3cc(C(=O)O)ccc3n(Cc3ccc(C(F)(F)F)cc3)c2n1. The van der Waals surface area contributed by atoms with Crippen LogP contribution in [0.1, 0.15) is 21.5 Å². The Morgan fingerprint density at radius 3 is 2.44 bits per heavy atom. The van der Waals surface area contributed by atoms with Crippen molar-refractivity contribution in [3.8, 4) is 0 Å². The number of hydrogen-bond acceptors (Lipinski definition) is 2. The number of halogens is 3. The maximum atomic E-state index is 12.8.